The second-order valence-corrected chi connectivity index (χ2v) is 9.98. The number of aromatic nitrogens is 1. The number of nitrogens with zero attached hydrogens (tertiary/aromatic N) is 2. The Morgan fingerprint density at radius 1 is 1.36 bits per heavy atom. The fourth-order valence-corrected chi connectivity index (χ4v) is 6.03. The van der Waals surface area contributed by atoms with Gasteiger partial charge in [-0.1, -0.05) is 19.1 Å². The van der Waals surface area contributed by atoms with Crippen LogP contribution in [0.4, 0.5) is 0 Å². The van der Waals surface area contributed by atoms with E-state index in [0.717, 1.165) is 35.0 Å². The number of aliphatic hydroxyl groups is 2. The number of likely N-dealkylation sites (tertiary alicyclic amines) is 1. The predicted molar refractivity (Wildman–Crippen MR) is 119 cm³/mol. The first-order chi connectivity index (χ1) is 15.6. The van der Waals surface area contributed by atoms with E-state index in [0.29, 0.717) is 0 Å². The van der Waals surface area contributed by atoms with Gasteiger partial charge in [0.1, 0.15) is 12.7 Å². The highest BCUT2D eigenvalue weighted by atomic mass is 32.3. The molecule has 2 aliphatic rings. The molecule has 0 spiro atoms. The van der Waals surface area contributed by atoms with E-state index in [4.69, 9.17) is 14.0 Å². The number of piperidine rings is 1. The van der Waals surface area contributed by atoms with Gasteiger partial charge in [0.15, 0.2) is 5.72 Å². The number of likely N-dealkylation sites (N-methyl/N-ethyl adjacent to an activating group) is 1. The van der Waals surface area contributed by atoms with E-state index in [1.807, 2.05) is 24.4 Å². The second-order valence-electron chi connectivity index (χ2n) is 8.95. The predicted octanol–water partition coefficient (Wildman–Crippen LogP) is 1.05. The van der Waals surface area contributed by atoms with Crippen LogP contribution in [0.25, 0.3) is 10.9 Å². The Morgan fingerprint density at radius 2 is 2.12 bits per heavy atom. The summed E-state index contributed by atoms with van der Waals surface area (Å²) in [4.78, 5) is 14.4. The van der Waals surface area contributed by atoms with Gasteiger partial charge in [-0.3, -0.25) is 14.2 Å². The molecule has 10 nitrogen and oxygen atoms in total. The van der Waals surface area contributed by atoms with Crippen LogP contribution in [-0.2, 0) is 37.1 Å². The molecule has 0 amide bonds. The van der Waals surface area contributed by atoms with Gasteiger partial charge in [-0.15, -0.1) is 0 Å². The maximum atomic E-state index is 12.8. The van der Waals surface area contributed by atoms with Gasteiger partial charge in [0, 0.05) is 42.5 Å². The standard InChI is InChI=1S/C22H30N2O8S/c1-3-7-24-11-15-9-22(32-33(28,29)30)18(17-5-4-6-19(24)20(15)17)8-14(10-23(22)2)21(27)31-13-16(26)12-25/h4-6,11,14,16,18,25-26H,3,7-10,12-13H2,1-2H3,(H,28,29,30)/t14-,16?,18?,22?/m1/s1. The summed E-state index contributed by atoms with van der Waals surface area (Å²) in [7, 11) is -3.14. The highest BCUT2D eigenvalue weighted by molar-refractivity contribution is 7.80. The van der Waals surface area contributed by atoms with Crippen LogP contribution in [0.2, 0.25) is 0 Å². The molecule has 0 saturated carbocycles. The number of esters is 1. The molecule has 4 atom stereocenters. The third-order valence-corrected chi connectivity index (χ3v) is 7.22. The Morgan fingerprint density at radius 3 is 2.79 bits per heavy atom. The monoisotopic (exact) mass is 482 g/mol. The van der Waals surface area contributed by atoms with Crippen molar-refractivity contribution in [1.82, 2.24) is 9.47 Å². The molecule has 182 valence electrons. The molecule has 2 aromatic rings. The zero-order valence-electron chi connectivity index (χ0n) is 18.7. The van der Waals surface area contributed by atoms with Gasteiger partial charge >= 0.3 is 16.4 Å². The summed E-state index contributed by atoms with van der Waals surface area (Å²) in [6.07, 6.45) is 2.24. The average molecular weight is 483 g/mol. The van der Waals surface area contributed by atoms with Gasteiger partial charge < -0.3 is 19.5 Å². The smallest absolute Gasteiger partial charge is 0.399 e. The summed E-state index contributed by atoms with van der Waals surface area (Å²) in [5.41, 5.74) is 1.41. The molecule has 1 aromatic heterocycles. The Kier molecular flexibility index (Phi) is 6.56. The molecule has 4 rings (SSSR count). The largest absolute Gasteiger partial charge is 0.463 e. The van der Waals surface area contributed by atoms with Crippen molar-refractivity contribution in [1.29, 1.82) is 0 Å². The Balaban J connectivity index is 1.77. The summed E-state index contributed by atoms with van der Waals surface area (Å²) >= 11 is 0. The number of aryl methyl sites for hydroxylation is 1. The van der Waals surface area contributed by atoms with Gasteiger partial charge in [-0.05, 0) is 37.1 Å². The summed E-state index contributed by atoms with van der Waals surface area (Å²) < 4.78 is 46.3. The normalized spacial score (nSPS) is 26.2. The molecular formula is C22H30N2O8S. The quantitative estimate of drug-likeness (QED) is 0.372. The number of carbonyl (C=O) groups is 1. The Labute approximate surface area is 192 Å². The summed E-state index contributed by atoms with van der Waals surface area (Å²) in [6.45, 7) is 2.17. The van der Waals surface area contributed by atoms with Crippen molar-refractivity contribution < 1.29 is 36.9 Å². The average Bonchev–Trinajstić information content (AvgIpc) is 3.10. The fourth-order valence-electron chi connectivity index (χ4n) is 5.37. The van der Waals surface area contributed by atoms with Gasteiger partial charge in [0.25, 0.3) is 0 Å². The topological polar surface area (TPSA) is 139 Å². The van der Waals surface area contributed by atoms with E-state index in [1.165, 1.54) is 0 Å². The van der Waals surface area contributed by atoms with E-state index < -0.39 is 46.6 Å². The van der Waals surface area contributed by atoms with Crippen LogP contribution in [0.15, 0.2) is 24.4 Å². The molecule has 0 bridgehead atoms. The van der Waals surface area contributed by atoms with Crippen molar-refractivity contribution in [2.24, 2.45) is 5.92 Å². The number of fused-ring (bicyclic) bond motifs is 2. The lowest BCUT2D eigenvalue weighted by Crippen LogP contribution is -2.62. The Hall–Kier alpha value is -2.02. The molecule has 2 heterocycles. The minimum absolute atomic E-state index is 0.140. The van der Waals surface area contributed by atoms with Crippen LogP contribution in [0.5, 0.6) is 0 Å². The van der Waals surface area contributed by atoms with E-state index in [9.17, 15) is 22.9 Å². The van der Waals surface area contributed by atoms with Crippen molar-refractivity contribution >= 4 is 27.3 Å². The SMILES string of the molecule is CCCn1cc2c3c(cccc31)C1C[C@@H](C(=O)OCC(O)CO)CN(C)C1(OS(=O)(=O)O)C2. The first-order valence-corrected chi connectivity index (χ1v) is 12.4. The van der Waals surface area contributed by atoms with E-state index in [-0.39, 0.29) is 26.0 Å². The van der Waals surface area contributed by atoms with E-state index in [1.54, 1.807) is 11.9 Å². The van der Waals surface area contributed by atoms with Crippen molar-refractivity contribution in [3.63, 3.8) is 0 Å². The van der Waals surface area contributed by atoms with Crippen LogP contribution in [0, 0.1) is 5.92 Å². The van der Waals surface area contributed by atoms with E-state index >= 15 is 0 Å². The van der Waals surface area contributed by atoms with Crippen LogP contribution >= 0.6 is 0 Å². The molecule has 1 aromatic carbocycles. The van der Waals surface area contributed by atoms with Gasteiger partial charge in [0.05, 0.1) is 12.5 Å². The highest BCUT2D eigenvalue weighted by Crippen LogP contribution is 2.52. The lowest BCUT2D eigenvalue weighted by Gasteiger charge is -2.52. The highest BCUT2D eigenvalue weighted by Gasteiger charge is 2.56. The number of carbonyl (C=O) groups excluding carboxylic acids is 1. The van der Waals surface area contributed by atoms with Crippen LogP contribution in [0.3, 0.4) is 0 Å². The van der Waals surface area contributed by atoms with E-state index in [2.05, 4.69) is 11.5 Å². The molecule has 1 saturated heterocycles. The second kappa shape index (κ2) is 8.97. The maximum absolute atomic E-state index is 12.8. The molecule has 3 N–H and O–H groups in total. The molecular weight excluding hydrogens is 452 g/mol. The lowest BCUT2D eigenvalue weighted by atomic mass is 9.70. The number of rotatable bonds is 8. The first-order valence-electron chi connectivity index (χ1n) is 11.0. The third kappa shape index (κ3) is 4.41. The molecule has 3 unspecified atom stereocenters. The van der Waals surface area contributed by atoms with Crippen LogP contribution in [-0.4, -0.2) is 77.3 Å². The number of benzene rings is 1. The van der Waals surface area contributed by atoms with Gasteiger partial charge in [0.2, 0.25) is 0 Å². The van der Waals surface area contributed by atoms with Crippen molar-refractivity contribution in [2.75, 3.05) is 26.8 Å². The number of ether oxygens (including phenoxy) is 1. The lowest BCUT2D eigenvalue weighted by molar-refractivity contribution is -0.166. The fraction of sp³-hybridized carbons (Fsp3) is 0.591. The van der Waals surface area contributed by atoms with Crippen LogP contribution in [0.1, 0.15) is 36.8 Å². The minimum Gasteiger partial charge on any atom is -0.463 e. The van der Waals surface area contributed by atoms with Gasteiger partial charge in [-0.2, -0.15) is 8.42 Å². The molecule has 11 heteroatoms. The number of hydrogen-bond acceptors (Lipinski definition) is 8. The zero-order chi connectivity index (χ0) is 24.0. The van der Waals surface area contributed by atoms with Crippen molar-refractivity contribution in [2.45, 2.75) is 50.5 Å². The summed E-state index contributed by atoms with van der Waals surface area (Å²) in [5, 5.41) is 19.5. The van der Waals surface area contributed by atoms with Crippen molar-refractivity contribution in [3.8, 4) is 0 Å². The Bertz CT molecular complexity index is 1150. The molecule has 1 fully saturated rings. The minimum atomic E-state index is -4.80. The van der Waals surface area contributed by atoms with Crippen molar-refractivity contribution in [3.05, 3.63) is 35.5 Å². The molecule has 1 aliphatic carbocycles. The number of aliphatic hydroxyl groups excluding tert-OH is 2. The van der Waals surface area contributed by atoms with Crippen LogP contribution < -0.4 is 0 Å². The summed E-state index contributed by atoms with van der Waals surface area (Å²) in [6, 6.07) is 5.82. The van der Waals surface area contributed by atoms with Gasteiger partial charge in [-0.25, -0.2) is 4.18 Å². The maximum Gasteiger partial charge on any atom is 0.399 e. The zero-order valence-corrected chi connectivity index (χ0v) is 19.5. The summed E-state index contributed by atoms with van der Waals surface area (Å²) in [5.74, 6) is -1.69. The molecule has 1 aliphatic heterocycles. The molecule has 0 radical (unpaired) electrons. The first kappa shape index (κ1) is 24.1. The number of hydrogen-bond donors (Lipinski definition) is 3. The molecule has 33 heavy (non-hydrogen) atoms. The third-order valence-electron chi connectivity index (χ3n) is 6.72.